The molecule has 3 atom stereocenters. The number of fused-ring (bicyclic) bond motifs is 2. The van der Waals surface area contributed by atoms with Crippen molar-refractivity contribution in [1.29, 1.82) is 0 Å². The molecule has 1 fully saturated rings. The summed E-state index contributed by atoms with van der Waals surface area (Å²) in [4.78, 5) is 11.5. The summed E-state index contributed by atoms with van der Waals surface area (Å²) in [6.45, 7) is 1.90. The smallest absolute Gasteiger partial charge is 0.159 e. The van der Waals surface area contributed by atoms with E-state index < -0.39 is 0 Å². The van der Waals surface area contributed by atoms with Gasteiger partial charge in [-0.1, -0.05) is 18.2 Å². The van der Waals surface area contributed by atoms with Gasteiger partial charge in [-0.05, 0) is 37.7 Å². The molecule has 64 valence electrons. The zero-order chi connectivity index (χ0) is 8.55. The van der Waals surface area contributed by atoms with Gasteiger partial charge in [0.25, 0.3) is 0 Å². The Kier molecular flexibility index (Phi) is 1.87. The Labute approximate surface area is 73.2 Å². The topological polar surface area (TPSA) is 17.1 Å². The van der Waals surface area contributed by atoms with Crippen LogP contribution in [0, 0.1) is 17.8 Å². The molecule has 0 heterocycles. The fourth-order valence-electron chi connectivity index (χ4n) is 2.40. The Morgan fingerprint density at radius 1 is 1.42 bits per heavy atom. The van der Waals surface area contributed by atoms with Crippen LogP contribution in [-0.2, 0) is 4.79 Å². The summed E-state index contributed by atoms with van der Waals surface area (Å²) in [7, 11) is 0. The molecule has 2 aliphatic carbocycles. The van der Waals surface area contributed by atoms with Gasteiger partial charge in [-0.15, -0.1) is 0 Å². The highest BCUT2D eigenvalue weighted by Crippen LogP contribution is 2.43. The Bertz CT molecular complexity index is 250. The Morgan fingerprint density at radius 2 is 2.25 bits per heavy atom. The minimum absolute atomic E-state index is 0.302. The highest BCUT2D eigenvalue weighted by molar-refractivity contribution is 5.92. The highest BCUT2D eigenvalue weighted by atomic mass is 16.1. The van der Waals surface area contributed by atoms with Crippen molar-refractivity contribution in [3.8, 4) is 0 Å². The third-order valence-corrected chi connectivity index (χ3v) is 2.98. The van der Waals surface area contributed by atoms with Gasteiger partial charge in [0, 0.05) is 5.92 Å². The molecule has 0 saturated heterocycles. The van der Waals surface area contributed by atoms with Gasteiger partial charge in [0.15, 0.2) is 5.78 Å². The molecular formula is C11H14O. The predicted octanol–water partition coefficient (Wildman–Crippen LogP) is 2.34. The third-order valence-electron chi connectivity index (χ3n) is 2.98. The van der Waals surface area contributed by atoms with Gasteiger partial charge < -0.3 is 0 Å². The van der Waals surface area contributed by atoms with E-state index in [0.717, 1.165) is 6.42 Å². The first-order chi connectivity index (χ1) is 5.81. The van der Waals surface area contributed by atoms with Crippen molar-refractivity contribution in [2.75, 3.05) is 0 Å². The molecular weight excluding hydrogens is 148 g/mol. The molecule has 0 amide bonds. The molecule has 12 heavy (non-hydrogen) atoms. The Balaban J connectivity index is 2.07. The monoisotopic (exact) mass is 162 g/mol. The number of ketones is 1. The summed E-state index contributed by atoms with van der Waals surface area (Å²) >= 11 is 0. The highest BCUT2D eigenvalue weighted by Gasteiger charge is 2.38. The van der Waals surface area contributed by atoms with Crippen LogP contribution in [0.3, 0.4) is 0 Å². The first-order valence-electron chi connectivity index (χ1n) is 4.66. The number of hydrogen-bond acceptors (Lipinski definition) is 1. The third kappa shape index (κ3) is 1.13. The number of carbonyl (C=O) groups is 1. The van der Waals surface area contributed by atoms with Crippen LogP contribution < -0.4 is 0 Å². The van der Waals surface area contributed by atoms with E-state index in [9.17, 15) is 4.79 Å². The van der Waals surface area contributed by atoms with Gasteiger partial charge in [0.2, 0.25) is 0 Å². The zero-order valence-corrected chi connectivity index (χ0v) is 7.36. The van der Waals surface area contributed by atoms with Crippen LogP contribution in [-0.4, -0.2) is 5.78 Å². The molecule has 2 rings (SSSR count). The van der Waals surface area contributed by atoms with Crippen molar-refractivity contribution < 1.29 is 4.79 Å². The van der Waals surface area contributed by atoms with Crippen molar-refractivity contribution in [3.05, 3.63) is 24.3 Å². The standard InChI is InChI=1S/C11H14O/c1-2-3-11(12)10-7-8-4-5-9(10)6-8/h2-5,8-10H,6-7H2,1H3/b3-2+/t8-,9+,10+/m0/s1. The first kappa shape index (κ1) is 7.78. The molecule has 0 N–H and O–H groups in total. The average Bonchev–Trinajstić information content (AvgIpc) is 2.64. The lowest BCUT2D eigenvalue weighted by atomic mass is 9.89. The quantitative estimate of drug-likeness (QED) is 0.450. The SMILES string of the molecule is C/C=C/C(=O)[C@@H]1C[C@H]2C=C[C@@H]1C2. The summed E-state index contributed by atoms with van der Waals surface area (Å²) in [5.41, 5.74) is 0. The molecule has 0 aromatic rings. The Morgan fingerprint density at radius 3 is 2.75 bits per heavy atom. The molecule has 0 radical (unpaired) electrons. The number of hydrogen-bond donors (Lipinski definition) is 0. The Hall–Kier alpha value is -0.850. The van der Waals surface area contributed by atoms with E-state index >= 15 is 0 Å². The van der Waals surface area contributed by atoms with Gasteiger partial charge in [-0.25, -0.2) is 0 Å². The summed E-state index contributed by atoms with van der Waals surface area (Å²) in [5, 5.41) is 0. The van der Waals surface area contributed by atoms with E-state index in [1.165, 1.54) is 6.42 Å². The summed E-state index contributed by atoms with van der Waals surface area (Å²) < 4.78 is 0. The van der Waals surface area contributed by atoms with Crippen LogP contribution in [0.25, 0.3) is 0 Å². The van der Waals surface area contributed by atoms with Gasteiger partial charge in [0.05, 0.1) is 0 Å². The van der Waals surface area contributed by atoms with E-state index in [2.05, 4.69) is 12.2 Å². The zero-order valence-electron chi connectivity index (χ0n) is 7.36. The molecule has 2 bridgehead atoms. The van der Waals surface area contributed by atoms with Crippen LogP contribution in [0.15, 0.2) is 24.3 Å². The summed E-state index contributed by atoms with van der Waals surface area (Å²) in [6.07, 6.45) is 10.4. The molecule has 0 aromatic carbocycles. The van der Waals surface area contributed by atoms with E-state index in [1.807, 2.05) is 13.0 Å². The van der Waals surface area contributed by atoms with Crippen LogP contribution >= 0.6 is 0 Å². The maximum absolute atomic E-state index is 11.5. The number of rotatable bonds is 2. The average molecular weight is 162 g/mol. The van der Waals surface area contributed by atoms with Crippen molar-refractivity contribution in [2.24, 2.45) is 17.8 Å². The lowest BCUT2D eigenvalue weighted by Gasteiger charge is -2.13. The van der Waals surface area contributed by atoms with Crippen LogP contribution in [0.5, 0.6) is 0 Å². The lowest BCUT2D eigenvalue weighted by Crippen LogP contribution is -2.16. The largest absolute Gasteiger partial charge is 0.295 e. The second kappa shape index (κ2) is 2.89. The van der Waals surface area contributed by atoms with Gasteiger partial charge in [0.1, 0.15) is 0 Å². The maximum atomic E-state index is 11.5. The second-order valence-corrected chi connectivity index (χ2v) is 3.79. The number of carbonyl (C=O) groups excluding carboxylic acids is 1. The van der Waals surface area contributed by atoms with Crippen molar-refractivity contribution in [1.82, 2.24) is 0 Å². The first-order valence-corrected chi connectivity index (χ1v) is 4.66. The lowest BCUT2D eigenvalue weighted by molar-refractivity contribution is -0.118. The maximum Gasteiger partial charge on any atom is 0.159 e. The molecule has 0 aromatic heterocycles. The molecule has 0 aliphatic heterocycles. The fourth-order valence-corrected chi connectivity index (χ4v) is 2.40. The van der Waals surface area contributed by atoms with Crippen molar-refractivity contribution in [2.45, 2.75) is 19.8 Å². The number of allylic oxidation sites excluding steroid dienone is 4. The molecule has 0 spiro atoms. The molecule has 0 unspecified atom stereocenters. The van der Waals surface area contributed by atoms with Gasteiger partial charge in [-0.3, -0.25) is 4.79 Å². The molecule has 1 saturated carbocycles. The minimum atomic E-state index is 0.302. The summed E-state index contributed by atoms with van der Waals surface area (Å²) in [6, 6.07) is 0. The van der Waals surface area contributed by atoms with Gasteiger partial charge in [-0.2, -0.15) is 0 Å². The van der Waals surface area contributed by atoms with Crippen LogP contribution in [0.1, 0.15) is 19.8 Å². The minimum Gasteiger partial charge on any atom is -0.295 e. The normalized spacial score (nSPS) is 38.2. The summed E-state index contributed by atoms with van der Waals surface area (Å²) in [5.74, 6) is 1.89. The van der Waals surface area contributed by atoms with E-state index in [1.54, 1.807) is 6.08 Å². The molecule has 1 nitrogen and oxygen atoms in total. The van der Waals surface area contributed by atoms with Crippen LogP contribution in [0.4, 0.5) is 0 Å². The van der Waals surface area contributed by atoms with E-state index in [-0.39, 0.29) is 0 Å². The molecule has 1 heteroatoms. The second-order valence-electron chi connectivity index (χ2n) is 3.79. The van der Waals surface area contributed by atoms with Crippen LogP contribution in [0.2, 0.25) is 0 Å². The van der Waals surface area contributed by atoms with Crippen molar-refractivity contribution >= 4 is 5.78 Å². The molecule has 2 aliphatic rings. The van der Waals surface area contributed by atoms with Gasteiger partial charge >= 0.3 is 0 Å². The van der Waals surface area contributed by atoms with Crippen molar-refractivity contribution in [3.63, 3.8) is 0 Å². The van der Waals surface area contributed by atoms with E-state index in [4.69, 9.17) is 0 Å². The fraction of sp³-hybridized carbons (Fsp3) is 0.545. The van der Waals surface area contributed by atoms with E-state index in [0.29, 0.717) is 23.5 Å². The predicted molar refractivity (Wildman–Crippen MR) is 48.7 cm³/mol.